The fourth-order valence-electron chi connectivity index (χ4n) is 1.34. The summed E-state index contributed by atoms with van der Waals surface area (Å²) in [6.07, 6.45) is 4.63. The van der Waals surface area contributed by atoms with Crippen molar-refractivity contribution >= 4 is 0 Å². The second-order valence-corrected chi connectivity index (χ2v) is 3.67. The van der Waals surface area contributed by atoms with Crippen molar-refractivity contribution in [2.45, 2.75) is 19.4 Å². The van der Waals surface area contributed by atoms with Gasteiger partial charge in [-0.2, -0.15) is 0 Å². The lowest BCUT2D eigenvalue weighted by molar-refractivity contribution is 0.188. The molecule has 1 unspecified atom stereocenters. The van der Waals surface area contributed by atoms with Gasteiger partial charge >= 0.3 is 0 Å². The molecule has 0 aromatic carbocycles. The van der Waals surface area contributed by atoms with Gasteiger partial charge in [0.2, 0.25) is 0 Å². The van der Waals surface area contributed by atoms with Gasteiger partial charge in [0.05, 0.1) is 6.20 Å². The van der Waals surface area contributed by atoms with Crippen LogP contribution in [0.5, 0.6) is 5.75 Å². The third-order valence-electron chi connectivity index (χ3n) is 2.11. The zero-order chi connectivity index (χ0) is 11.6. The molecule has 1 N–H and O–H groups in total. The van der Waals surface area contributed by atoms with E-state index in [0.717, 1.165) is 31.9 Å². The van der Waals surface area contributed by atoms with Gasteiger partial charge in [-0.1, -0.05) is 0 Å². The molecule has 16 heavy (non-hydrogen) atoms. The fourth-order valence-corrected chi connectivity index (χ4v) is 1.34. The number of hydrogen-bond acceptors (Lipinski definition) is 4. The van der Waals surface area contributed by atoms with Crippen LogP contribution in [0.4, 0.5) is 0 Å². The van der Waals surface area contributed by atoms with E-state index in [1.54, 1.807) is 19.5 Å². The van der Waals surface area contributed by atoms with E-state index in [1.807, 2.05) is 19.1 Å². The van der Waals surface area contributed by atoms with E-state index >= 15 is 0 Å². The van der Waals surface area contributed by atoms with Gasteiger partial charge in [-0.15, -0.1) is 0 Å². The summed E-state index contributed by atoms with van der Waals surface area (Å²) < 4.78 is 10.6. The molecule has 1 rings (SSSR count). The molecule has 1 aromatic rings. The lowest BCUT2D eigenvalue weighted by Crippen LogP contribution is -2.30. The number of nitrogens with zero attached hydrogens (tertiary/aromatic N) is 1. The largest absolute Gasteiger partial charge is 0.488 e. The van der Waals surface area contributed by atoms with Crippen molar-refractivity contribution < 1.29 is 9.47 Å². The average Bonchev–Trinajstić information content (AvgIpc) is 2.30. The summed E-state index contributed by atoms with van der Waals surface area (Å²) in [7, 11) is 1.72. The first-order valence-electron chi connectivity index (χ1n) is 5.59. The third kappa shape index (κ3) is 5.68. The molecule has 0 aliphatic carbocycles. The average molecular weight is 224 g/mol. The lowest BCUT2D eigenvalue weighted by atomic mass is 10.3. The van der Waals surface area contributed by atoms with Gasteiger partial charge in [0.1, 0.15) is 11.9 Å². The second kappa shape index (κ2) is 8.07. The number of methoxy groups -OCH3 is 1. The normalized spacial score (nSPS) is 12.4. The molecule has 0 amide bonds. The summed E-state index contributed by atoms with van der Waals surface area (Å²) in [5, 5.41) is 3.31. The van der Waals surface area contributed by atoms with Crippen LogP contribution >= 0.6 is 0 Å². The van der Waals surface area contributed by atoms with E-state index in [9.17, 15) is 0 Å². The third-order valence-corrected chi connectivity index (χ3v) is 2.11. The molecule has 4 nitrogen and oxygen atoms in total. The number of hydrogen-bond donors (Lipinski definition) is 1. The monoisotopic (exact) mass is 224 g/mol. The van der Waals surface area contributed by atoms with E-state index in [4.69, 9.17) is 9.47 Å². The Hall–Kier alpha value is -1.13. The minimum Gasteiger partial charge on any atom is -0.488 e. The smallest absolute Gasteiger partial charge is 0.138 e. The maximum absolute atomic E-state index is 5.66. The van der Waals surface area contributed by atoms with E-state index in [2.05, 4.69) is 10.3 Å². The molecule has 1 heterocycles. The Bertz CT molecular complexity index is 267. The number of rotatable bonds is 8. The summed E-state index contributed by atoms with van der Waals surface area (Å²) >= 11 is 0. The second-order valence-electron chi connectivity index (χ2n) is 3.67. The highest BCUT2D eigenvalue weighted by Crippen LogP contribution is 2.08. The van der Waals surface area contributed by atoms with Gasteiger partial charge in [-0.3, -0.25) is 4.98 Å². The number of ether oxygens (including phenoxy) is 2. The minimum atomic E-state index is 0.145. The predicted octanol–water partition coefficient (Wildman–Crippen LogP) is 1.47. The molecule has 90 valence electrons. The van der Waals surface area contributed by atoms with Crippen LogP contribution in [0.15, 0.2) is 24.5 Å². The molecule has 0 bridgehead atoms. The zero-order valence-electron chi connectivity index (χ0n) is 9.98. The Kier molecular flexibility index (Phi) is 6.53. The van der Waals surface area contributed by atoms with Crippen molar-refractivity contribution in [1.82, 2.24) is 10.3 Å². The number of aromatic nitrogens is 1. The SMILES string of the molecule is COCCCNCC(C)Oc1cccnc1. The predicted molar refractivity (Wildman–Crippen MR) is 63.7 cm³/mol. The molecule has 1 aromatic heterocycles. The standard InChI is InChI=1S/C12H20N2O2/c1-11(9-13-7-4-8-15-2)16-12-5-3-6-14-10-12/h3,5-6,10-11,13H,4,7-9H2,1-2H3. The molecule has 1 atom stereocenters. The van der Waals surface area contributed by atoms with Crippen molar-refractivity contribution in [3.8, 4) is 5.75 Å². The fraction of sp³-hybridized carbons (Fsp3) is 0.583. The van der Waals surface area contributed by atoms with Crippen LogP contribution < -0.4 is 10.1 Å². The van der Waals surface area contributed by atoms with Gasteiger partial charge in [0, 0.05) is 26.5 Å². The molecular weight excluding hydrogens is 204 g/mol. The molecule has 0 fully saturated rings. The van der Waals surface area contributed by atoms with Crippen LogP contribution in [0.3, 0.4) is 0 Å². The Balaban J connectivity index is 2.09. The maximum atomic E-state index is 5.66. The van der Waals surface area contributed by atoms with Gasteiger partial charge < -0.3 is 14.8 Å². The maximum Gasteiger partial charge on any atom is 0.138 e. The van der Waals surface area contributed by atoms with E-state index in [-0.39, 0.29) is 6.10 Å². The zero-order valence-corrected chi connectivity index (χ0v) is 9.98. The van der Waals surface area contributed by atoms with Crippen LogP contribution in [-0.4, -0.2) is 37.9 Å². The van der Waals surface area contributed by atoms with Crippen molar-refractivity contribution in [2.24, 2.45) is 0 Å². The lowest BCUT2D eigenvalue weighted by Gasteiger charge is -2.14. The Morgan fingerprint density at radius 2 is 2.38 bits per heavy atom. The summed E-state index contributed by atoms with van der Waals surface area (Å²) in [6.45, 7) is 4.62. The highest BCUT2D eigenvalue weighted by atomic mass is 16.5. The Morgan fingerprint density at radius 3 is 3.06 bits per heavy atom. The summed E-state index contributed by atoms with van der Waals surface area (Å²) in [6, 6.07) is 3.78. The van der Waals surface area contributed by atoms with E-state index in [0.29, 0.717) is 0 Å². The van der Waals surface area contributed by atoms with Crippen molar-refractivity contribution in [2.75, 3.05) is 26.8 Å². The quantitative estimate of drug-likeness (QED) is 0.679. The van der Waals surface area contributed by atoms with Crippen molar-refractivity contribution in [3.05, 3.63) is 24.5 Å². The van der Waals surface area contributed by atoms with Gasteiger partial charge in [0.15, 0.2) is 0 Å². The highest BCUT2D eigenvalue weighted by molar-refractivity contribution is 5.15. The van der Waals surface area contributed by atoms with Crippen LogP contribution in [0.2, 0.25) is 0 Å². The Morgan fingerprint density at radius 1 is 1.50 bits per heavy atom. The minimum absolute atomic E-state index is 0.145. The number of nitrogens with one attached hydrogen (secondary N) is 1. The number of pyridine rings is 1. The van der Waals surface area contributed by atoms with Crippen molar-refractivity contribution in [1.29, 1.82) is 0 Å². The summed E-state index contributed by atoms with van der Waals surface area (Å²) in [4.78, 5) is 4.00. The van der Waals surface area contributed by atoms with Crippen LogP contribution in [0, 0.1) is 0 Å². The van der Waals surface area contributed by atoms with Gasteiger partial charge in [-0.05, 0) is 32.0 Å². The summed E-state index contributed by atoms with van der Waals surface area (Å²) in [5.74, 6) is 0.814. The van der Waals surface area contributed by atoms with E-state index < -0.39 is 0 Å². The molecule has 0 saturated carbocycles. The molecule has 0 spiro atoms. The molecule has 0 saturated heterocycles. The first-order chi connectivity index (χ1) is 7.83. The van der Waals surface area contributed by atoms with Crippen LogP contribution in [0.1, 0.15) is 13.3 Å². The van der Waals surface area contributed by atoms with Crippen molar-refractivity contribution in [3.63, 3.8) is 0 Å². The molecule has 0 aliphatic rings. The van der Waals surface area contributed by atoms with E-state index in [1.165, 1.54) is 0 Å². The topological polar surface area (TPSA) is 43.4 Å². The molecule has 0 radical (unpaired) electrons. The van der Waals surface area contributed by atoms with Gasteiger partial charge in [0.25, 0.3) is 0 Å². The van der Waals surface area contributed by atoms with Gasteiger partial charge in [-0.25, -0.2) is 0 Å². The summed E-state index contributed by atoms with van der Waals surface area (Å²) in [5.41, 5.74) is 0. The molecule has 0 aliphatic heterocycles. The molecule has 4 heteroatoms. The first-order valence-corrected chi connectivity index (χ1v) is 5.59. The van der Waals surface area contributed by atoms with Crippen LogP contribution in [0.25, 0.3) is 0 Å². The molecular formula is C12H20N2O2. The highest BCUT2D eigenvalue weighted by Gasteiger charge is 2.02. The van der Waals surface area contributed by atoms with Crippen LogP contribution in [-0.2, 0) is 4.74 Å². The Labute approximate surface area is 97.0 Å². The first kappa shape index (κ1) is 12.9.